The molecule has 1 atom stereocenters. The number of carbonyl (C=O) groups is 1. The van der Waals surface area contributed by atoms with E-state index in [-0.39, 0.29) is 11.7 Å². The van der Waals surface area contributed by atoms with Gasteiger partial charge in [0.15, 0.2) is 5.84 Å². The molecule has 0 radical (unpaired) electrons. The summed E-state index contributed by atoms with van der Waals surface area (Å²) in [5, 5.41) is 7.32. The van der Waals surface area contributed by atoms with E-state index in [4.69, 9.17) is 22.2 Å². The fourth-order valence-corrected chi connectivity index (χ4v) is 3.28. The number of benzene rings is 1. The normalized spacial score (nSPS) is 15.7. The molecule has 1 aromatic heterocycles. The highest BCUT2D eigenvalue weighted by Crippen LogP contribution is 2.18. The van der Waals surface area contributed by atoms with Gasteiger partial charge in [0.1, 0.15) is 5.82 Å². The van der Waals surface area contributed by atoms with Crippen molar-refractivity contribution in [3.05, 3.63) is 58.7 Å². The van der Waals surface area contributed by atoms with Crippen LogP contribution < -0.4 is 16.0 Å². The van der Waals surface area contributed by atoms with Gasteiger partial charge in [-0.2, -0.15) is 0 Å². The van der Waals surface area contributed by atoms with E-state index in [1.54, 1.807) is 25.3 Å². The summed E-state index contributed by atoms with van der Waals surface area (Å²) in [4.78, 5) is 24.2. The molecule has 1 fully saturated rings. The van der Waals surface area contributed by atoms with Crippen LogP contribution in [-0.2, 0) is 16.2 Å². The Labute approximate surface area is 175 Å². The van der Waals surface area contributed by atoms with Crippen molar-refractivity contribution in [2.75, 3.05) is 18.0 Å². The van der Waals surface area contributed by atoms with Crippen LogP contribution in [0.25, 0.3) is 0 Å². The molecule has 1 aliphatic rings. The van der Waals surface area contributed by atoms with Gasteiger partial charge in [0, 0.05) is 36.4 Å². The van der Waals surface area contributed by atoms with Gasteiger partial charge >= 0.3 is 0 Å². The Morgan fingerprint density at radius 1 is 1.31 bits per heavy atom. The van der Waals surface area contributed by atoms with Crippen LogP contribution in [0.2, 0.25) is 5.02 Å². The lowest BCUT2D eigenvalue weighted by molar-refractivity contribution is -0.131. The van der Waals surface area contributed by atoms with Gasteiger partial charge in [-0.1, -0.05) is 35.0 Å². The number of aromatic nitrogens is 1. The molecule has 29 heavy (non-hydrogen) atoms. The molecule has 1 amide bonds. The van der Waals surface area contributed by atoms with Gasteiger partial charge in [-0.3, -0.25) is 4.79 Å². The molecular weight excluding hydrogens is 390 g/mol. The standard InChI is InChI=1S/C21H26ClN5O2/c1-15(21(28)25-14-17-7-3-4-8-18(17)22)29-26-20(23)16-9-10-24-19(13-16)27-11-5-2-6-12-27/h3-4,7-10,13,15H,2,5-6,11-12,14H2,1H3,(H2,23,26)(H,25,28). The molecule has 0 aliphatic carbocycles. The van der Waals surface area contributed by atoms with Crippen LogP contribution in [0.3, 0.4) is 0 Å². The Morgan fingerprint density at radius 2 is 2.07 bits per heavy atom. The van der Waals surface area contributed by atoms with Gasteiger partial charge in [0.25, 0.3) is 5.91 Å². The number of hydrogen-bond acceptors (Lipinski definition) is 5. The summed E-state index contributed by atoms with van der Waals surface area (Å²) >= 11 is 6.10. The summed E-state index contributed by atoms with van der Waals surface area (Å²) in [5.41, 5.74) is 7.60. The number of rotatable bonds is 7. The number of amidine groups is 1. The molecule has 3 rings (SSSR count). The number of nitrogens with one attached hydrogen (secondary N) is 1. The average Bonchev–Trinajstić information content (AvgIpc) is 2.77. The molecule has 8 heteroatoms. The van der Waals surface area contributed by atoms with Gasteiger partial charge in [0.05, 0.1) is 0 Å². The lowest BCUT2D eigenvalue weighted by Gasteiger charge is -2.27. The molecule has 0 saturated carbocycles. The summed E-state index contributed by atoms with van der Waals surface area (Å²) < 4.78 is 0. The first-order chi connectivity index (χ1) is 14.0. The number of amides is 1. The van der Waals surface area contributed by atoms with Gasteiger partial charge in [0.2, 0.25) is 6.10 Å². The summed E-state index contributed by atoms with van der Waals surface area (Å²) in [6, 6.07) is 11.0. The maximum atomic E-state index is 12.2. The van der Waals surface area contributed by atoms with E-state index >= 15 is 0 Å². The van der Waals surface area contributed by atoms with Crippen LogP contribution in [0.1, 0.15) is 37.3 Å². The highest BCUT2D eigenvalue weighted by molar-refractivity contribution is 6.31. The highest BCUT2D eigenvalue weighted by Gasteiger charge is 2.16. The maximum absolute atomic E-state index is 12.2. The van der Waals surface area contributed by atoms with Crippen LogP contribution >= 0.6 is 11.6 Å². The van der Waals surface area contributed by atoms with Crippen LogP contribution in [-0.4, -0.2) is 35.9 Å². The van der Waals surface area contributed by atoms with E-state index in [1.165, 1.54) is 19.3 Å². The van der Waals surface area contributed by atoms with Crippen molar-refractivity contribution in [2.24, 2.45) is 10.9 Å². The summed E-state index contributed by atoms with van der Waals surface area (Å²) in [6.45, 7) is 3.92. The average molecular weight is 416 g/mol. The van der Waals surface area contributed by atoms with Crippen LogP contribution in [0.5, 0.6) is 0 Å². The predicted octanol–water partition coefficient (Wildman–Crippen LogP) is 3.07. The molecule has 2 aromatic rings. The third-order valence-electron chi connectivity index (χ3n) is 4.81. The topological polar surface area (TPSA) is 92.8 Å². The molecule has 1 aliphatic heterocycles. The molecule has 1 aromatic carbocycles. The van der Waals surface area contributed by atoms with Crippen molar-refractivity contribution >= 4 is 29.2 Å². The molecule has 0 spiro atoms. The number of nitrogens with zero attached hydrogens (tertiary/aromatic N) is 3. The number of carbonyl (C=O) groups excluding carboxylic acids is 1. The number of oxime groups is 1. The molecule has 154 valence electrons. The van der Waals surface area contributed by atoms with Gasteiger partial charge < -0.3 is 20.8 Å². The number of piperidine rings is 1. The van der Waals surface area contributed by atoms with E-state index in [2.05, 4.69) is 20.4 Å². The Morgan fingerprint density at radius 3 is 2.83 bits per heavy atom. The van der Waals surface area contributed by atoms with E-state index in [0.29, 0.717) is 17.1 Å². The molecule has 1 saturated heterocycles. The minimum Gasteiger partial charge on any atom is -0.381 e. The summed E-state index contributed by atoms with van der Waals surface area (Å²) in [7, 11) is 0. The Hall–Kier alpha value is -2.80. The molecule has 7 nitrogen and oxygen atoms in total. The second-order valence-electron chi connectivity index (χ2n) is 6.98. The van der Waals surface area contributed by atoms with Crippen molar-refractivity contribution in [1.82, 2.24) is 10.3 Å². The van der Waals surface area contributed by atoms with E-state index in [9.17, 15) is 4.79 Å². The maximum Gasteiger partial charge on any atom is 0.263 e. The van der Waals surface area contributed by atoms with Crippen molar-refractivity contribution in [1.29, 1.82) is 0 Å². The number of nitrogens with two attached hydrogens (primary N) is 1. The third-order valence-corrected chi connectivity index (χ3v) is 5.18. The van der Waals surface area contributed by atoms with Gasteiger partial charge in [-0.05, 0) is 49.9 Å². The van der Waals surface area contributed by atoms with Crippen LogP contribution in [0.15, 0.2) is 47.8 Å². The van der Waals surface area contributed by atoms with E-state index < -0.39 is 6.10 Å². The monoisotopic (exact) mass is 415 g/mol. The number of pyridine rings is 1. The molecule has 1 unspecified atom stereocenters. The molecule has 2 heterocycles. The number of anilines is 1. The zero-order valence-corrected chi connectivity index (χ0v) is 17.2. The second kappa shape index (κ2) is 10.1. The van der Waals surface area contributed by atoms with Crippen LogP contribution in [0.4, 0.5) is 5.82 Å². The Kier molecular flexibility index (Phi) is 7.30. The Bertz CT molecular complexity index is 868. The van der Waals surface area contributed by atoms with Gasteiger partial charge in [-0.25, -0.2) is 4.98 Å². The molecule has 0 bridgehead atoms. The Balaban J connectivity index is 1.55. The fraction of sp³-hybridized carbons (Fsp3) is 0.381. The molecular formula is C21H26ClN5O2. The first-order valence-corrected chi connectivity index (χ1v) is 10.1. The number of hydrogen-bond donors (Lipinski definition) is 2. The minimum atomic E-state index is -0.792. The minimum absolute atomic E-state index is 0.205. The first-order valence-electron chi connectivity index (χ1n) is 9.76. The first kappa shape index (κ1) is 20.9. The number of halogens is 1. The third kappa shape index (κ3) is 5.84. The van der Waals surface area contributed by atoms with Crippen molar-refractivity contribution in [3.8, 4) is 0 Å². The van der Waals surface area contributed by atoms with Crippen molar-refractivity contribution < 1.29 is 9.63 Å². The summed E-state index contributed by atoms with van der Waals surface area (Å²) in [6.07, 6.45) is 4.50. The highest BCUT2D eigenvalue weighted by atomic mass is 35.5. The van der Waals surface area contributed by atoms with Crippen molar-refractivity contribution in [2.45, 2.75) is 38.8 Å². The lowest BCUT2D eigenvalue weighted by Crippen LogP contribution is -2.33. The smallest absolute Gasteiger partial charge is 0.263 e. The fourth-order valence-electron chi connectivity index (χ4n) is 3.08. The van der Waals surface area contributed by atoms with Crippen molar-refractivity contribution in [3.63, 3.8) is 0 Å². The zero-order valence-electron chi connectivity index (χ0n) is 16.5. The van der Waals surface area contributed by atoms with E-state index in [1.807, 2.05) is 24.3 Å². The predicted molar refractivity (Wildman–Crippen MR) is 115 cm³/mol. The summed E-state index contributed by atoms with van der Waals surface area (Å²) in [5.74, 6) is 0.785. The quantitative estimate of drug-likeness (QED) is 0.412. The van der Waals surface area contributed by atoms with E-state index in [0.717, 1.165) is 24.5 Å². The second-order valence-corrected chi connectivity index (χ2v) is 7.39. The van der Waals surface area contributed by atoms with Gasteiger partial charge in [-0.15, -0.1) is 0 Å². The largest absolute Gasteiger partial charge is 0.381 e. The zero-order chi connectivity index (χ0) is 20.6. The van der Waals surface area contributed by atoms with Crippen LogP contribution in [0, 0.1) is 0 Å². The molecule has 3 N–H and O–H groups in total. The SMILES string of the molecule is CC(O/N=C(/N)c1ccnc(N2CCCCC2)c1)C(=O)NCc1ccccc1Cl. The lowest BCUT2D eigenvalue weighted by atomic mass is 10.1.